The van der Waals surface area contributed by atoms with Gasteiger partial charge in [0.25, 0.3) is 0 Å². The molecule has 1 amide bonds. The van der Waals surface area contributed by atoms with Crippen LogP contribution in [-0.2, 0) is 19.4 Å². The van der Waals surface area contributed by atoms with Gasteiger partial charge in [-0.15, -0.1) is 0 Å². The number of hydrogen-bond acceptors (Lipinski definition) is 6. The Morgan fingerprint density at radius 2 is 2.00 bits per heavy atom. The number of fused-ring (bicyclic) bond motifs is 1. The van der Waals surface area contributed by atoms with Crippen LogP contribution in [0.5, 0.6) is 11.5 Å². The van der Waals surface area contributed by atoms with E-state index in [1.54, 1.807) is 13.2 Å². The SMILES string of the molecule is COCCCNC(=O)C(C)S(=O)(=O)c1ccc2c(c1)OCCO2. The third kappa shape index (κ3) is 4.14. The molecule has 0 aromatic heterocycles. The smallest absolute Gasteiger partial charge is 0.238 e. The maximum Gasteiger partial charge on any atom is 0.238 e. The van der Waals surface area contributed by atoms with Crippen molar-refractivity contribution in [1.82, 2.24) is 5.32 Å². The first kappa shape index (κ1) is 17.6. The number of hydrogen-bond donors (Lipinski definition) is 1. The molecule has 128 valence electrons. The van der Waals surface area contributed by atoms with Gasteiger partial charge in [-0.2, -0.15) is 0 Å². The molecular formula is C15H21NO6S. The fraction of sp³-hybridized carbons (Fsp3) is 0.533. The number of benzene rings is 1. The molecule has 23 heavy (non-hydrogen) atoms. The zero-order valence-corrected chi connectivity index (χ0v) is 14.0. The van der Waals surface area contributed by atoms with E-state index in [1.165, 1.54) is 19.1 Å². The average molecular weight is 343 g/mol. The number of carbonyl (C=O) groups excluding carboxylic acids is 1. The summed E-state index contributed by atoms with van der Waals surface area (Å²) in [5.41, 5.74) is 0. The highest BCUT2D eigenvalue weighted by Crippen LogP contribution is 2.33. The first-order chi connectivity index (χ1) is 11.0. The summed E-state index contributed by atoms with van der Waals surface area (Å²) in [6.45, 7) is 3.04. The molecule has 1 aliphatic heterocycles. The van der Waals surface area contributed by atoms with E-state index in [1.807, 2.05) is 0 Å². The van der Waals surface area contributed by atoms with Gasteiger partial charge in [-0.3, -0.25) is 4.79 Å². The van der Waals surface area contributed by atoms with Gasteiger partial charge in [-0.05, 0) is 25.5 Å². The molecule has 0 saturated carbocycles. The quantitative estimate of drug-likeness (QED) is 0.736. The van der Waals surface area contributed by atoms with Crippen LogP contribution in [0.25, 0.3) is 0 Å². The standard InChI is InChI=1S/C15H21NO6S/c1-11(15(17)16-6-3-7-20-2)23(18,19)12-4-5-13-14(10-12)22-9-8-21-13/h4-5,10-11H,3,6-9H2,1-2H3,(H,16,17). The highest BCUT2D eigenvalue weighted by molar-refractivity contribution is 7.92. The number of amides is 1. The molecular weight excluding hydrogens is 322 g/mol. The van der Waals surface area contributed by atoms with Crippen molar-refractivity contribution in [3.63, 3.8) is 0 Å². The molecule has 1 aromatic carbocycles. The maximum absolute atomic E-state index is 12.6. The third-order valence-electron chi connectivity index (χ3n) is 3.50. The van der Waals surface area contributed by atoms with Crippen molar-refractivity contribution in [2.24, 2.45) is 0 Å². The minimum absolute atomic E-state index is 0.0429. The minimum Gasteiger partial charge on any atom is -0.486 e. The van der Waals surface area contributed by atoms with Gasteiger partial charge in [-0.25, -0.2) is 8.42 Å². The number of rotatable bonds is 7. The molecule has 0 bridgehead atoms. The molecule has 1 aliphatic rings. The summed E-state index contributed by atoms with van der Waals surface area (Å²) in [7, 11) is -2.23. The molecule has 1 aromatic rings. The van der Waals surface area contributed by atoms with Crippen LogP contribution >= 0.6 is 0 Å². The highest BCUT2D eigenvalue weighted by Gasteiger charge is 2.30. The van der Waals surface area contributed by atoms with Gasteiger partial charge >= 0.3 is 0 Å². The molecule has 0 radical (unpaired) electrons. The predicted molar refractivity (Wildman–Crippen MR) is 83.6 cm³/mol. The van der Waals surface area contributed by atoms with Gasteiger partial charge in [0.15, 0.2) is 21.3 Å². The number of ether oxygens (including phenoxy) is 3. The molecule has 1 heterocycles. The molecule has 1 N–H and O–H groups in total. The highest BCUT2D eigenvalue weighted by atomic mass is 32.2. The van der Waals surface area contributed by atoms with Crippen molar-refractivity contribution >= 4 is 15.7 Å². The van der Waals surface area contributed by atoms with Crippen molar-refractivity contribution in [2.75, 3.05) is 33.5 Å². The van der Waals surface area contributed by atoms with E-state index in [9.17, 15) is 13.2 Å². The van der Waals surface area contributed by atoms with Crippen LogP contribution in [0, 0.1) is 0 Å². The van der Waals surface area contributed by atoms with E-state index in [0.29, 0.717) is 44.3 Å². The second-order valence-corrected chi connectivity index (χ2v) is 7.40. The molecule has 2 rings (SSSR count). The zero-order chi connectivity index (χ0) is 16.9. The second kappa shape index (κ2) is 7.65. The van der Waals surface area contributed by atoms with Gasteiger partial charge in [0, 0.05) is 26.3 Å². The number of carbonyl (C=O) groups is 1. The van der Waals surface area contributed by atoms with E-state index in [0.717, 1.165) is 0 Å². The van der Waals surface area contributed by atoms with Crippen molar-refractivity contribution in [3.05, 3.63) is 18.2 Å². The lowest BCUT2D eigenvalue weighted by Gasteiger charge is -2.19. The Morgan fingerprint density at radius 1 is 1.30 bits per heavy atom. The first-order valence-corrected chi connectivity index (χ1v) is 8.91. The lowest BCUT2D eigenvalue weighted by atomic mass is 10.3. The van der Waals surface area contributed by atoms with Crippen LogP contribution in [-0.4, -0.2) is 53.1 Å². The normalized spacial score (nSPS) is 15.0. The Bertz CT molecular complexity index is 658. The Balaban J connectivity index is 2.09. The third-order valence-corrected chi connectivity index (χ3v) is 5.56. The van der Waals surface area contributed by atoms with Crippen LogP contribution < -0.4 is 14.8 Å². The van der Waals surface area contributed by atoms with Crippen LogP contribution in [0.4, 0.5) is 0 Å². The first-order valence-electron chi connectivity index (χ1n) is 7.37. The second-order valence-electron chi connectivity index (χ2n) is 5.13. The molecule has 0 fully saturated rings. The zero-order valence-electron chi connectivity index (χ0n) is 13.2. The molecule has 0 aliphatic carbocycles. The Kier molecular flexibility index (Phi) is 5.84. The summed E-state index contributed by atoms with van der Waals surface area (Å²) in [5, 5.41) is 1.41. The summed E-state index contributed by atoms with van der Waals surface area (Å²) in [6.07, 6.45) is 0.624. The molecule has 1 atom stereocenters. The molecule has 7 nitrogen and oxygen atoms in total. The van der Waals surface area contributed by atoms with E-state index in [-0.39, 0.29) is 4.90 Å². The van der Waals surface area contributed by atoms with Gasteiger partial charge in [0.2, 0.25) is 5.91 Å². The van der Waals surface area contributed by atoms with Crippen molar-refractivity contribution in [2.45, 2.75) is 23.5 Å². The fourth-order valence-electron chi connectivity index (χ4n) is 2.12. The summed E-state index contributed by atoms with van der Waals surface area (Å²) < 4.78 is 40.8. The van der Waals surface area contributed by atoms with Crippen LogP contribution in [0.15, 0.2) is 23.1 Å². The maximum atomic E-state index is 12.6. The van der Waals surface area contributed by atoms with Gasteiger partial charge < -0.3 is 19.5 Å². The van der Waals surface area contributed by atoms with Crippen LogP contribution in [0.2, 0.25) is 0 Å². The van der Waals surface area contributed by atoms with Crippen molar-refractivity contribution in [1.29, 1.82) is 0 Å². The van der Waals surface area contributed by atoms with Crippen molar-refractivity contribution < 1.29 is 27.4 Å². The topological polar surface area (TPSA) is 90.9 Å². The van der Waals surface area contributed by atoms with Gasteiger partial charge in [-0.1, -0.05) is 0 Å². The van der Waals surface area contributed by atoms with E-state index >= 15 is 0 Å². The molecule has 8 heteroatoms. The number of nitrogens with one attached hydrogen (secondary N) is 1. The van der Waals surface area contributed by atoms with E-state index in [4.69, 9.17) is 14.2 Å². The van der Waals surface area contributed by atoms with E-state index in [2.05, 4.69) is 5.32 Å². The van der Waals surface area contributed by atoms with E-state index < -0.39 is 21.0 Å². The predicted octanol–water partition coefficient (Wildman–Crippen LogP) is 0.773. The largest absolute Gasteiger partial charge is 0.486 e. The van der Waals surface area contributed by atoms with Gasteiger partial charge in [0.1, 0.15) is 18.5 Å². The summed E-state index contributed by atoms with van der Waals surface area (Å²) in [6, 6.07) is 4.38. The average Bonchev–Trinajstić information content (AvgIpc) is 2.57. The lowest BCUT2D eigenvalue weighted by molar-refractivity contribution is -0.120. The monoisotopic (exact) mass is 343 g/mol. The number of sulfone groups is 1. The summed E-state index contributed by atoms with van der Waals surface area (Å²) in [5.74, 6) is 0.355. The Hall–Kier alpha value is -1.80. The summed E-state index contributed by atoms with van der Waals surface area (Å²) >= 11 is 0. The molecule has 1 unspecified atom stereocenters. The Labute approximate surface area is 135 Å². The van der Waals surface area contributed by atoms with Gasteiger partial charge in [0.05, 0.1) is 4.90 Å². The van der Waals surface area contributed by atoms with Crippen LogP contribution in [0.3, 0.4) is 0 Å². The van der Waals surface area contributed by atoms with Crippen molar-refractivity contribution in [3.8, 4) is 11.5 Å². The lowest BCUT2D eigenvalue weighted by Crippen LogP contribution is -2.38. The molecule has 0 spiro atoms. The summed E-state index contributed by atoms with van der Waals surface area (Å²) in [4.78, 5) is 12.1. The number of methoxy groups -OCH3 is 1. The van der Waals surface area contributed by atoms with Crippen LogP contribution in [0.1, 0.15) is 13.3 Å². The minimum atomic E-state index is -3.79. The molecule has 0 saturated heterocycles. The Morgan fingerprint density at radius 3 is 2.70 bits per heavy atom. The fourth-order valence-corrected chi connectivity index (χ4v) is 3.42.